The van der Waals surface area contributed by atoms with E-state index in [9.17, 15) is 4.79 Å². The van der Waals surface area contributed by atoms with Crippen LogP contribution in [-0.4, -0.2) is 47.6 Å². The van der Waals surface area contributed by atoms with Gasteiger partial charge in [0.25, 0.3) is 0 Å². The molecular weight excluding hydrogens is 438 g/mol. The third-order valence-electron chi connectivity index (χ3n) is 5.06. The summed E-state index contributed by atoms with van der Waals surface area (Å²) in [7, 11) is 4.84. The van der Waals surface area contributed by atoms with Gasteiger partial charge in [-0.2, -0.15) is 0 Å². The summed E-state index contributed by atoms with van der Waals surface area (Å²) in [6.07, 6.45) is 0. The SMILES string of the molecule is COc1ccc(C(=O)CSc2nnc(-c3ccccc3OC)n2-c2ccc(OC)cc2)cc1. The van der Waals surface area contributed by atoms with Crippen molar-refractivity contribution in [3.8, 4) is 34.3 Å². The average Bonchev–Trinajstić information content (AvgIpc) is 3.31. The lowest BCUT2D eigenvalue weighted by Crippen LogP contribution is -2.05. The molecule has 0 fully saturated rings. The number of para-hydroxylation sites is 1. The van der Waals surface area contributed by atoms with Gasteiger partial charge in [-0.3, -0.25) is 9.36 Å². The fourth-order valence-corrected chi connectivity index (χ4v) is 4.17. The van der Waals surface area contributed by atoms with Crippen molar-refractivity contribution in [3.63, 3.8) is 0 Å². The first-order valence-electron chi connectivity index (χ1n) is 10.2. The van der Waals surface area contributed by atoms with E-state index in [4.69, 9.17) is 14.2 Å². The molecule has 0 bridgehead atoms. The predicted molar refractivity (Wildman–Crippen MR) is 128 cm³/mol. The van der Waals surface area contributed by atoms with Crippen molar-refractivity contribution in [2.75, 3.05) is 27.1 Å². The minimum atomic E-state index is -0.00854. The molecule has 0 saturated heterocycles. The van der Waals surface area contributed by atoms with Gasteiger partial charge in [0.2, 0.25) is 0 Å². The van der Waals surface area contributed by atoms with Crippen molar-refractivity contribution in [1.29, 1.82) is 0 Å². The number of hydrogen-bond donors (Lipinski definition) is 0. The standard InChI is InChI=1S/C25H23N3O4S/c1-30-19-12-8-17(9-13-19)22(29)16-33-25-27-26-24(21-6-4-5-7-23(21)32-3)28(25)18-10-14-20(31-2)15-11-18/h4-15H,16H2,1-3H3. The van der Waals surface area contributed by atoms with E-state index in [0.717, 1.165) is 17.0 Å². The molecule has 0 unspecified atom stereocenters. The number of rotatable bonds is 9. The molecule has 33 heavy (non-hydrogen) atoms. The Morgan fingerprint density at radius 1 is 0.818 bits per heavy atom. The Morgan fingerprint density at radius 3 is 2.09 bits per heavy atom. The molecule has 8 heteroatoms. The lowest BCUT2D eigenvalue weighted by molar-refractivity contribution is 0.102. The number of methoxy groups -OCH3 is 3. The van der Waals surface area contributed by atoms with E-state index in [2.05, 4.69) is 10.2 Å². The van der Waals surface area contributed by atoms with Crippen LogP contribution in [0.1, 0.15) is 10.4 Å². The molecule has 4 aromatic rings. The summed E-state index contributed by atoms with van der Waals surface area (Å²) in [5.74, 6) is 2.97. The second kappa shape index (κ2) is 10.2. The summed E-state index contributed by atoms with van der Waals surface area (Å²) < 4.78 is 17.9. The molecule has 0 amide bonds. The van der Waals surface area contributed by atoms with Gasteiger partial charge in [0.05, 0.1) is 38.3 Å². The minimum absolute atomic E-state index is 0.00854. The maximum atomic E-state index is 12.8. The molecule has 1 aromatic heterocycles. The molecule has 1 heterocycles. The Morgan fingerprint density at radius 2 is 1.45 bits per heavy atom. The first-order valence-corrected chi connectivity index (χ1v) is 11.2. The molecule has 0 spiro atoms. The van der Waals surface area contributed by atoms with Crippen LogP contribution in [-0.2, 0) is 0 Å². The number of aromatic nitrogens is 3. The predicted octanol–water partition coefficient (Wildman–Crippen LogP) is 4.94. The molecule has 0 aliphatic rings. The lowest BCUT2D eigenvalue weighted by Gasteiger charge is -2.13. The first-order chi connectivity index (χ1) is 16.1. The van der Waals surface area contributed by atoms with Crippen molar-refractivity contribution >= 4 is 17.5 Å². The number of carbonyl (C=O) groups is 1. The van der Waals surface area contributed by atoms with E-state index in [0.29, 0.717) is 28.0 Å². The van der Waals surface area contributed by atoms with Crippen LogP contribution < -0.4 is 14.2 Å². The summed E-state index contributed by atoms with van der Waals surface area (Å²) in [5.41, 5.74) is 2.27. The molecule has 0 saturated carbocycles. The number of ketones is 1. The number of nitrogens with zero attached hydrogens (tertiary/aromatic N) is 3. The highest BCUT2D eigenvalue weighted by Crippen LogP contribution is 2.33. The lowest BCUT2D eigenvalue weighted by atomic mass is 10.1. The Balaban J connectivity index is 1.68. The van der Waals surface area contributed by atoms with Gasteiger partial charge in [0.1, 0.15) is 17.2 Å². The van der Waals surface area contributed by atoms with E-state index in [1.807, 2.05) is 53.1 Å². The zero-order chi connectivity index (χ0) is 23.2. The van der Waals surface area contributed by atoms with Crippen LogP contribution in [0.5, 0.6) is 17.2 Å². The second-order valence-electron chi connectivity index (χ2n) is 6.98. The van der Waals surface area contributed by atoms with Gasteiger partial charge in [-0.1, -0.05) is 23.9 Å². The number of thioether (sulfide) groups is 1. The van der Waals surface area contributed by atoms with Crippen LogP contribution in [0.25, 0.3) is 17.1 Å². The van der Waals surface area contributed by atoms with Crippen molar-refractivity contribution in [1.82, 2.24) is 14.8 Å². The molecule has 4 rings (SSSR count). The molecular formula is C25H23N3O4S. The Labute approximate surface area is 196 Å². The third-order valence-corrected chi connectivity index (χ3v) is 5.99. The number of benzene rings is 3. The Kier molecular flexibility index (Phi) is 6.95. The van der Waals surface area contributed by atoms with Crippen molar-refractivity contribution in [2.24, 2.45) is 0 Å². The van der Waals surface area contributed by atoms with E-state index in [1.54, 1.807) is 45.6 Å². The van der Waals surface area contributed by atoms with Gasteiger partial charge < -0.3 is 14.2 Å². The van der Waals surface area contributed by atoms with Gasteiger partial charge >= 0.3 is 0 Å². The maximum Gasteiger partial charge on any atom is 0.196 e. The number of ether oxygens (including phenoxy) is 3. The summed E-state index contributed by atoms with van der Waals surface area (Å²) in [5, 5.41) is 9.44. The molecule has 0 radical (unpaired) electrons. The maximum absolute atomic E-state index is 12.8. The minimum Gasteiger partial charge on any atom is -0.497 e. The highest BCUT2D eigenvalue weighted by Gasteiger charge is 2.20. The second-order valence-corrected chi connectivity index (χ2v) is 7.92. The van der Waals surface area contributed by atoms with E-state index >= 15 is 0 Å². The van der Waals surface area contributed by atoms with Crippen molar-refractivity contribution in [2.45, 2.75) is 5.16 Å². The zero-order valence-electron chi connectivity index (χ0n) is 18.5. The third kappa shape index (κ3) is 4.85. The smallest absolute Gasteiger partial charge is 0.196 e. The van der Waals surface area contributed by atoms with Crippen LogP contribution in [0.15, 0.2) is 78.0 Å². The quantitative estimate of drug-likeness (QED) is 0.258. The molecule has 3 aromatic carbocycles. The topological polar surface area (TPSA) is 75.5 Å². The monoisotopic (exact) mass is 461 g/mol. The molecule has 168 valence electrons. The fourth-order valence-electron chi connectivity index (χ4n) is 3.32. The highest BCUT2D eigenvalue weighted by atomic mass is 32.2. The molecule has 0 aliphatic heterocycles. The van der Waals surface area contributed by atoms with Crippen molar-refractivity contribution < 1.29 is 19.0 Å². The zero-order valence-corrected chi connectivity index (χ0v) is 19.3. The Hall–Kier alpha value is -3.78. The van der Waals surface area contributed by atoms with Crippen LogP contribution in [0.2, 0.25) is 0 Å². The van der Waals surface area contributed by atoms with Crippen molar-refractivity contribution in [3.05, 3.63) is 78.4 Å². The average molecular weight is 462 g/mol. The largest absolute Gasteiger partial charge is 0.497 e. The fraction of sp³-hybridized carbons (Fsp3) is 0.160. The van der Waals surface area contributed by atoms with Gasteiger partial charge in [-0.05, 0) is 60.7 Å². The summed E-state index contributed by atoms with van der Waals surface area (Å²) in [4.78, 5) is 12.8. The molecule has 0 N–H and O–H groups in total. The summed E-state index contributed by atoms with van der Waals surface area (Å²) >= 11 is 1.33. The van der Waals surface area contributed by atoms with E-state index < -0.39 is 0 Å². The van der Waals surface area contributed by atoms with E-state index in [-0.39, 0.29) is 11.5 Å². The summed E-state index contributed by atoms with van der Waals surface area (Å²) in [6.45, 7) is 0. The highest BCUT2D eigenvalue weighted by molar-refractivity contribution is 7.99. The normalized spacial score (nSPS) is 10.6. The van der Waals surface area contributed by atoms with Gasteiger partial charge in [-0.25, -0.2) is 0 Å². The van der Waals surface area contributed by atoms with Crippen LogP contribution in [0, 0.1) is 0 Å². The van der Waals surface area contributed by atoms with Crippen LogP contribution in [0.4, 0.5) is 0 Å². The van der Waals surface area contributed by atoms with E-state index in [1.165, 1.54) is 11.8 Å². The number of hydrogen-bond acceptors (Lipinski definition) is 7. The number of carbonyl (C=O) groups excluding carboxylic acids is 1. The molecule has 0 aliphatic carbocycles. The van der Waals surface area contributed by atoms with Gasteiger partial charge in [0, 0.05) is 5.56 Å². The van der Waals surface area contributed by atoms with Crippen LogP contribution in [0.3, 0.4) is 0 Å². The van der Waals surface area contributed by atoms with Gasteiger partial charge in [-0.15, -0.1) is 10.2 Å². The van der Waals surface area contributed by atoms with Crippen LogP contribution >= 0.6 is 11.8 Å². The number of Topliss-reactive ketones (excluding diaryl/α,β-unsaturated/α-hetero) is 1. The van der Waals surface area contributed by atoms with Gasteiger partial charge in [0.15, 0.2) is 16.8 Å². The Bertz CT molecular complexity index is 1240. The molecule has 7 nitrogen and oxygen atoms in total. The first kappa shape index (κ1) is 22.4. The summed E-state index contributed by atoms with van der Waals surface area (Å²) in [6, 6.07) is 22.3. The molecule has 0 atom stereocenters.